The molecule has 0 aliphatic carbocycles. The van der Waals surface area contributed by atoms with Crippen molar-refractivity contribution in [2.24, 2.45) is 0 Å². The highest BCUT2D eigenvalue weighted by molar-refractivity contribution is 9.10. The van der Waals surface area contributed by atoms with Crippen molar-refractivity contribution in [2.75, 3.05) is 26.2 Å². The highest BCUT2D eigenvalue weighted by atomic mass is 79.9. The molecule has 3 nitrogen and oxygen atoms in total. The molecule has 0 aliphatic rings. The minimum absolute atomic E-state index is 0.0759. The summed E-state index contributed by atoms with van der Waals surface area (Å²) in [6.07, 6.45) is 0. The summed E-state index contributed by atoms with van der Waals surface area (Å²) in [7, 11) is 0. The lowest BCUT2D eigenvalue weighted by atomic mass is 9.84. The molecule has 20 heavy (non-hydrogen) atoms. The minimum atomic E-state index is -0.510. The van der Waals surface area contributed by atoms with E-state index in [2.05, 4.69) is 40.0 Å². The Kier molecular flexibility index (Phi) is 6.69. The van der Waals surface area contributed by atoms with Gasteiger partial charge in [0, 0.05) is 17.6 Å². The van der Waals surface area contributed by atoms with Gasteiger partial charge in [0.05, 0.1) is 5.41 Å². The summed E-state index contributed by atoms with van der Waals surface area (Å²) < 4.78 is 1.03. The van der Waals surface area contributed by atoms with E-state index in [9.17, 15) is 4.79 Å². The van der Waals surface area contributed by atoms with Crippen LogP contribution in [0.4, 0.5) is 0 Å². The van der Waals surface area contributed by atoms with Crippen molar-refractivity contribution < 1.29 is 4.79 Å². The first-order chi connectivity index (χ1) is 9.41. The quantitative estimate of drug-likeness (QED) is 0.826. The second kappa shape index (κ2) is 7.79. The number of hydrogen-bond donors (Lipinski definition) is 1. The molecule has 1 N–H and O–H groups in total. The molecule has 0 spiro atoms. The van der Waals surface area contributed by atoms with E-state index in [1.54, 1.807) is 0 Å². The van der Waals surface area contributed by atoms with Crippen molar-refractivity contribution >= 4 is 21.8 Å². The molecule has 0 saturated carbocycles. The van der Waals surface area contributed by atoms with Crippen LogP contribution in [0, 0.1) is 0 Å². The van der Waals surface area contributed by atoms with Crippen LogP contribution in [0.1, 0.15) is 33.3 Å². The van der Waals surface area contributed by atoms with E-state index in [1.165, 1.54) is 0 Å². The van der Waals surface area contributed by atoms with Crippen molar-refractivity contribution in [1.82, 2.24) is 10.2 Å². The molecule has 0 aromatic heterocycles. The third-order valence-electron chi connectivity index (χ3n) is 3.74. The molecule has 1 amide bonds. The lowest BCUT2D eigenvalue weighted by molar-refractivity contribution is -0.125. The van der Waals surface area contributed by atoms with Crippen molar-refractivity contribution in [3.63, 3.8) is 0 Å². The summed E-state index contributed by atoms with van der Waals surface area (Å²) in [5.41, 5.74) is 0.519. The smallest absolute Gasteiger partial charge is 0.230 e. The lowest BCUT2D eigenvalue weighted by Gasteiger charge is -2.25. The van der Waals surface area contributed by atoms with Gasteiger partial charge < -0.3 is 10.2 Å². The van der Waals surface area contributed by atoms with E-state index >= 15 is 0 Å². The summed E-state index contributed by atoms with van der Waals surface area (Å²) in [6, 6.07) is 7.93. The molecule has 0 saturated heterocycles. The number of rotatable bonds is 7. The average Bonchev–Trinajstić information content (AvgIpc) is 2.43. The van der Waals surface area contributed by atoms with E-state index in [0.29, 0.717) is 6.54 Å². The Bertz CT molecular complexity index is 425. The fraction of sp³-hybridized carbons (Fsp3) is 0.562. The van der Waals surface area contributed by atoms with Crippen LogP contribution in [-0.2, 0) is 10.2 Å². The van der Waals surface area contributed by atoms with Gasteiger partial charge in [-0.05, 0) is 44.6 Å². The Balaban J connectivity index is 2.59. The molecule has 1 aromatic rings. The Hall–Kier alpha value is -0.870. The number of hydrogen-bond acceptors (Lipinski definition) is 2. The monoisotopic (exact) mass is 340 g/mol. The van der Waals surface area contributed by atoms with Gasteiger partial charge >= 0.3 is 0 Å². The molecule has 0 bridgehead atoms. The second-order valence-electron chi connectivity index (χ2n) is 5.41. The van der Waals surface area contributed by atoms with Gasteiger partial charge in [0.25, 0.3) is 0 Å². The predicted octanol–water partition coefficient (Wildman–Crippen LogP) is 3.18. The van der Waals surface area contributed by atoms with Crippen LogP contribution in [0.25, 0.3) is 0 Å². The van der Waals surface area contributed by atoms with E-state index in [1.807, 2.05) is 38.1 Å². The molecule has 0 atom stereocenters. The Morgan fingerprint density at radius 3 is 2.25 bits per heavy atom. The maximum absolute atomic E-state index is 12.4. The fourth-order valence-electron chi connectivity index (χ4n) is 2.09. The number of amides is 1. The van der Waals surface area contributed by atoms with Crippen molar-refractivity contribution in [1.29, 1.82) is 0 Å². The Labute approximate surface area is 130 Å². The molecule has 0 heterocycles. The lowest BCUT2D eigenvalue weighted by Crippen LogP contribution is -2.43. The average molecular weight is 341 g/mol. The molecule has 0 aliphatic heterocycles. The Morgan fingerprint density at radius 2 is 1.75 bits per heavy atom. The van der Waals surface area contributed by atoms with Crippen LogP contribution in [-0.4, -0.2) is 37.0 Å². The summed E-state index contributed by atoms with van der Waals surface area (Å²) >= 11 is 3.42. The normalized spacial score (nSPS) is 11.7. The molecule has 1 aromatic carbocycles. The first-order valence-corrected chi connectivity index (χ1v) is 7.97. The summed E-state index contributed by atoms with van der Waals surface area (Å²) in [5.74, 6) is 0.0759. The van der Waals surface area contributed by atoms with Crippen LogP contribution in [0.15, 0.2) is 28.7 Å². The van der Waals surface area contributed by atoms with Crippen LogP contribution in [0.2, 0.25) is 0 Å². The SMILES string of the molecule is CCN(CC)CCNC(=O)C(C)(C)c1ccc(Br)cc1. The number of carbonyl (C=O) groups is 1. The maximum atomic E-state index is 12.4. The zero-order valence-corrected chi connectivity index (χ0v) is 14.5. The molecule has 1 rings (SSSR count). The molecule has 4 heteroatoms. The van der Waals surface area contributed by atoms with E-state index in [0.717, 1.165) is 29.7 Å². The number of halogens is 1. The van der Waals surface area contributed by atoms with Crippen LogP contribution >= 0.6 is 15.9 Å². The van der Waals surface area contributed by atoms with E-state index < -0.39 is 5.41 Å². The Morgan fingerprint density at radius 1 is 1.20 bits per heavy atom. The largest absolute Gasteiger partial charge is 0.354 e. The van der Waals surface area contributed by atoms with Crippen molar-refractivity contribution in [2.45, 2.75) is 33.1 Å². The number of carbonyl (C=O) groups excluding carboxylic acids is 1. The standard InChI is InChI=1S/C16H25BrN2O/c1-5-19(6-2)12-11-18-15(20)16(3,4)13-7-9-14(17)10-8-13/h7-10H,5-6,11-12H2,1-4H3,(H,18,20). The van der Waals surface area contributed by atoms with E-state index in [4.69, 9.17) is 0 Å². The van der Waals surface area contributed by atoms with Crippen molar-refractivity contribution in [3.05, 3.63) is 34.3 Å². The summed E-state index contributed by atoms with van der Waals surface area (Å²) in [5, 5.41) is 3.04. The van der Waals surface area contributed by atoms with Gasteiger partial charge in [-0.15, -0.1) is 0 Å². The van der Waals surface area contributed by atoms with Gasteiger partial charge in [-0.25, -0.2) is 0 Å². The summed E-state index contributed by atoms with van der Waals surface area (Å²) in [6.45, 7) is 11.8. The second-order valence-corrected chi connectivity index (χ2v) is 6.33. The number of nitrogens with one attached hydrogen (secondary N) is 1. The molecule has 112 valence electrons. The molecule has 0 fully saturated rings. The van der Waals surface area contributed by atoms with Gasteiger partial charge in [-0.3, -0.25) is 4.79 Å². The van der Waals surface area contributed by atoms with Crippen molar-refractivity contribution in [3.8, 4) is 0 Å². The zero-order chi connectivity index (χ0) is 15.2. The maximum Gasteiger partial charge on any atom is 0.230 e. The van der Waals surface area contributed by atoms with Gasteiger partial charge in [0.15, 0.2) is 0 Å². The van der Waals surface area contributed by atoms with Gasteiger partial charge in [0.1, 0.15) is 0 Å². The topological polar surface area (TPSA) is 32.3 Å². The van der Waals surface area contributed by atoms with Crippen LogP contribution in [0.3, 0.4) is 0 Å². The highest BCUT2D eigenvalue weighted by Crippen LogP contribution is 2.24. The first kappa shape index (κ1) is 17.2. The fourth-order valence-corrected chi connectivity index (χ4v) is 2.35. The third-order valence-corrected chi connectivity index (χ3v) is 4.27. The van der Waals surface area contributed by atoms with Gasteiger partial charge in [-0.1, -0.05) is 41.9 Å². The predicted molar refractivity (Wildman–Crippen MR) is 88.0 cm³/mol. The van der Waals surface area contributed by atoms with E-state index in [-0.39, 0.29) is 5.91 Å². The highest BCUT2D eigenvalue weighted by Gasteiger charge is 2.29. The number of benzene rings is 1. The number of likely N-dealkylation sites (N-methyl/N-ethyl adjacent to an activating group) is 1. The zero-order valence-electron chi connectivity index (χ0n) is 12.9. The molecular weight excluding hydrogens is 316 g/mol. The molecule has 0 radical (unpaired) electrons. The summed E-state index contributed by atoms with van der Waals surface area (Å²) in [4.78, 5) is 14.7. The van der Waals surface area contributed by atoms with Gasteiger partial charge in [-0.2, -0.15) is 0 Å². The first-order valence-electron chi connectivity index (χ1n) is 7.18. The minimum Gasteiger partial charge on any atom is -0.354 e. The molecular formula is C16H25BrN2O. The van der Waals surface area contributed by atoms with Crippen LogP contribution < -0.4 is 5.32 Å². The molecule has 0 unspecified atom stereocenters. The third kappa shape index (κ3) is 4.60. The number of nitrogens with zero attached hydrogens (tertiary/aromatic N) is 1. The van der Waals surface area contributed by atoms with Gasteiger partial charge in [0.2, 0.25) is 5.91 Å². The van der Waals surface area contributed by atoms with Crippen LogP contribution in [0.5, 0.6) is 0 Å².